The van der Waals surface area contributed by atoms with Crippen molar-refractivity contribution in [3.8, 4) is 5.75 Å². The Balaban J connectivity index is 2.17. The number of fused-ring (bicyclic) bond motifs is 1. The fourth-order valence-electron chi connectivity index (χ4n) is 1.68. The molecule has 0 saturated carbocycles. The smallest absolute Gasteiger partial charge is 0.267 e. The summed E-state index contributed by atoms with van der Waals surface area (Å²) in [6, 6.07) is 9.01. The van der Waals surface area contributed by atoms with Crippen molar-refractivity contribution < 1.29 is 9.53 Å². The van der Waals surface area contributed by atoms with Crippen molar-refractivity contribution >= 4 is 16.8 Å². The molecule has 5 heteroatoms. The maximum Gasteiger partial charge on any atom is 0.267 e. The van der Waals surface area contributed by atoms with E-state index >= 15 is 0 Å². The number of nitrogens with zero attached hydrogens (tertiary/aromatic N) is 2. The van der Waals surface area contributed by atoms with E-state index in [4.69, 9.17) is 10.5 Å². The summed E-state index contributed by atoms with van der Waals surface area (Å²) in [6.07, 6.45) is 0. The van der Waals surface area contributed by atoms with Crippen molar-refractivity contribution in [2.24, 2.45) is 5.73 Å². The maximum absolute atomic E-state index is 11.0. The summed E-state index contributed by atoms with van der Waals surface area (Å²) >= 11 is 0. The largest absolute Gasteiger partial charge is 0.492 e. The first-order valence-electron chi connectivity index (χ1n) is 6.04. The number of benzene rings is 1. The zero-order chi connectivity index (χ0) is 13.8. The number of amides is 1. The Morgan fingerprint density at radius 2 is 2.11 bits per heavy atom. The number of aromatic nitrogens is 1. The molecule has 0 aliphatic carbocycles. The molecule has 0 saturated heterocycles. The number of hydrogen-bond donors (Lipinski definition) is 1. The van der Waals surface area contributed by atoms with Gasteiger partial charge < -0.3 is 15.4 Å². The van der Waals surface area contributed by atoms with Gasteiger partial charge in [0.1, 0.15) is 18.1 Å². The molecule has 0 unspecified atom stereocenters. The Morgan fingerprint density at radius 3 is 2.79 bits per heavy atom. The lowest BCUT2D eigenvalue weighted by Gasteiger charge is -2.11. The Hall–Kier alpha value is -2.14. The average Bonchev–Trinajstić information content (AvgIpc) is 2.37. The van der Waals surface area contributed by atoms with Gasteiger partial charge in [-0.05, 0) is 38.4 Å². The molecule has 0 aliphatic heterocycles. The van der Waals surface area contributed by atoms with Crippen LogP contribution in [0.5, 0.6) is 5.75 Å². The molecule has 2 rings (SSSR count). The van der Waals surface area contributed by atoms with Crippen LogP contribution in [0.1, 0.15) is 10.5 Å². The first-order chi connectivity index (χ1) is 9.06. The number of nitrogens with two attached hydrogens (primary N) is 1. The molecular weight excluding hydrogens is 242 g/mol. The minimum atomic E-state index is -0.520. The van der Waals surface area contributed by atoms with Gasteiger partial charge >= 0.3 is 0 Å². The van der Waals surface area contributed by atoms with Crippen LogP contribution in [0.3, 0.4) is 0 Å². The minimum Gasteiger partial charge on any atom is -0.492 e. The summed E-state index contributed by atoms with van der Waals surface area (Å²) in [5.74, 6) is 0.274. The van der Waals surface area contributed by atoms with Gasteiger partial charge in [0.15, 0.2) is 0 Å². The highest BCUT2D eigenvalue weighted by Gasteiger charge is 2.04. The third-order valence-corrected chi connectivity index (χ3v) is 2.72. The van der Waals surface area contributed by atoms with Gasteiger partial charge in [0.2, 0.25) is 0 Å². The minimum absolute atomic E-state index is 0.272. The molecule has 2 aromatic rings. The lowest BCUT2D eigenvalue weighted by atomic mass is 10.2. The third-order valence-electron chi connectivity index (χ3n) is 2.72. The van der Waals surface area contributed by atoms with E-state index in [0.29, 0.717) is 6.61 Å². The number of likely N-dealkylation sites (N-methyl/N-ethyl adjacent to an activating group) is 1. The molecule has 19 heavy (non-hydrogen) atoms. The van der Waals surface area contributed by atoms with Crippen LogP contribution in [0.2, 0.25) is 0 Å². The van der Waals surface area contributed by atoms with Crippen LogP contribution in [0.15, 0.2) is 30.3 Å². The van der Waals surface area contributed by atoms with Crippen molar-refractivity contribution in [2.75, 3.05) is 27.2 Å². The maximum atomic E-state index is 11.0. The molecule has 0 aliphatic rings. The van der Waals surface area contributed by atoms with Gasteiger partial charge in [-0.1, -0.05) is 6.07 Å². The quantitative estimate of drug-likeness (QED) is 0.878. The van der Waals surface area contributed by atoms with Gasteiger partial charge in [-0.3, -0.25) is 4.79 Å². The number of carbonyl (C=O) groups is 1. The summed E-state index contributed by atoms with van der Waals surface area (Å²) in [6.45, 7) is 1.49. The number of pyridine rings is 1. The normalized spacial score (nSPS) is 10.9. The molecule has 0 atom stereocenters. The number of ether oxygens (including phenoxy) is 1. The van der Waals surface area contributed by atoms with E-state index in [1.165, 1.54) is 0 Å². The highest BCUT2D eigenvalue weighted by molar-refractivity contribution is 5.93. The Labute approximate surface area is 112 Å². The van der Waals surface area contributed by atoms with Crippen molar-refractivity contribution in [1.82, 2.24) is 9.88 Å². The first-order valence-corrected chi connectivity index (χ1v) is 6.04. The topological polar surface area (TPSA) is 68.4 Å². The lowest BCUT2D eigenvalue weighted by Crippen LogP contribution is -2.19. The van der Waals surface area contributed by atoms with Gasteiger partial charge in [0.05, 0.1) is 5.52 Å². The molecule has 0 spiro atoms. The van der Waals surface area contributed by atoms with Crippen molar-refractivity contribution in [2.45, 2.75) is 0 Å². The highest BCUT2D eigenvalue weighted by Crippen LogP contribution is 2.19. The predicted molar refractivity (Wildman–Crippen MR) is 74.3 cm³/mol. The van der Waals surface area contributed by atoms with Gasteiger partial charge in [-0.25, -0.2) is 4.98 Å². The monoisotopic (exact) mass is 259 g/mol. The number of carbonyl (C=O) groups excluding carboxylic acids is 1. The van der Waals surface area contributed by atoms with Crippen molar-refractivity contribution in [3.63, 3.8) is 0 Å². The fraction of sp³-hybridized carbons (Fsp3) is 0.286. The average molecular weight is 259 g/mol. The second-order valence-corrected chi connectivity index (χ2v) is 4.57. The van der Waals surface area contributed by atoms with Gasteiger partial charge in [0, 0.05) is 11.9 Å². The molecule has 0 radical (unpaired) electrons. The van der Waals surface area contributed by atoms with E-state index in [1.54, 1.807) is 6.07 Å². The number of hydrogen-bond acceptors (Lipinski definition) is 4. The molecule has 1 amide bonds. The molecule has 1 aromatic carbocycles. The second-order valence-electron chi connectivity index (χ2n) is 4.57. The third kappa shape index (κ3) is 3.42. The zero-order valence-corrected chi connectivity index (χ0v) is 11.1. The molecule has 1 heterocycles. The molecule has 100 valence electrons. The van der Waals surface area contributed by atoms with E-state index in [9.17, 15) is 4.79 Å². The fourth-order valence-corrected chi connectivity index (χ4v) is 1.68. The van der Waals surface area contributed by atoms with Crippen molar-refractivity contribution in [1.29, 1.82) is 0 Å². The van der Waals surface area contributed by atoms with Crippen molar-refractivity contribution in [3.05, 3.63) is 36.0 Å². The summed E-state index contributed by atoms with van der Waals surface area (Å²) in [5, 5.41) is 0.923. The van der Waals surface area contributed by atoms with Gasteiger partial charge in [0.25, 0.3) is 5.91 Å². The van der Waals surface area contributed by atoms with Crippen LogP contribution in [-0.4, -0.2) is 43.0 Å². The molecule has 0 fully saturated rings. The SMILES string of the molecule is CN(C)CCOc1ccc2nc(C(N)=O)ccc2c1. The van der Waals surface area contributed by atoms with E-state index in [-0.39, 0.29) is 5.69 Å². The number of rotatable bonds is 5. The number of primary amides is 1. The standard InChI is InChI=1S/C14H17N3O2/c1-17(2)7-8-19-11-4-6-12-10(9-11)3-5-13(16-12)14(15)18/h3-6,9H,7-8H2,1-2H3,(H2,15,18). The molecule has 5 nitrogen and oxygen atoms in total. The first kappa shape index (κ1) is 13.3. The van der Waals surface area contributed by atoms with E-state index in [0.717, 1.165) is 23.2 Å². The molecule has 1 aromatic heterocycles. The lowest BCUT2D eigenvalue weighted by molar-refractivity contribution is 0.0996. The van der Waals surface area contributed by atoms with Crippen LogP contribution in [-0.2, 0) is 0 Å². The van der Waals surface area contributed by atoms with Crippen LogP contribution >= 0.6 is 0 Å². The summed E-state index contributed by atoms with van der Waals surface area (Å²) in [7, 11) is 4.00. The summed E-state index contributed by atoms with van der Waals surface area (Å²) in [5.41, 5.74) is 6.20. The van der Waals surface area contributed by atoms with E-state index < -0.39 is 5.91 Å². The summed E-state index contributed by atoms with van der Waals surface area (Å²) < 4.78 is 5.64. The highest BCUT2D eigenvalue weighted by atomic mass is 16.5. The summed E-state index contributed by atoms with van der Waals surface area (Å²) in [4.78, 5) is 17.3. The van der Waals surface area contributed by atoms with Crippen LogP contribution < -0.4 is 10.5 Å². The predicted octanol–water partition coefficient (Wildman–Crippen LogP) is 1.27. The molecular formula is C14H17N3O2. The second kappa shape index (κ2) is 5.67. The van der Waals surface area contributed by atoms with E-state index in [2.05, 4.69) is 9.88 Å². The Kier molecular flexibility index (Phi) is 3.97. The van der Waals surface area contributed by atoms with Gasteiger partial charge in [-0.2, -0.15) is 0 Å². The van der Waals surface area contributed by atoms with Gasteiger partial charge in [-0.15, -0.1) is 0 Å². The van der Waals surface area contributed by atoms with E-state index in [1.807, 2.05) is 38.4 Å². The van der Waals surface area contributed by atoms with Crippen LogP contribution in [0.4, 0.5) is 0 Å². The van der Waals surface area contributed by atoms with Crippen LogP contribution in [0, 0.1) is 0 Å². The Bertz CT molecular complexity index is 596. The zero-order valence-electron chi connectivity index (χ0n) is 11.1. The molecule has 0 bridgehead atoms. The molecule has 2 N–H and O–H groups in total. The van der Waals surface area contributed by atoms with Crippen LogP contribution in [0.25, 0.3) is 10.9 Å². The Morgan fingerprint density at radius 1 is 1.32 bits per heavy atom.